The number of para-hydroxylation sites is 1. The van der Waals surface area contributed by atoms with E-state index in [4.69, 9.17) is 9.47 Å². The molecule has 24 heavy (non-hydrogen) atoms. The number of aryl methyl sites for hydroxylation is 2. The summed E-state index contributed by atoms with van der Waals surface area (Å²) in [6, 6.07) is 11.4. The molecule has 2 aromatic carbocycles. The first-order valence-electron chi connectivity index (χ1n) is 8.57. The van der Waals surface area contributed by atoms with Gasteiger partial charge in [-0.15, -0.1) is 0 Å². The van der Waals surface area contributed by atoms with Gasteiger partial charge in [-0.3, -0.25) is 0 Å². The average Bonchev–Trinajstić information content (AvgIpc) is 2.57. The van der Waals surface area contributed by atoms with Crippen LogP contribution in [0.3, 0.4) is 0 Å². The van der Waals surface area contributed by atoms with Gasteiger partial charge in [0.05, 0.1) is 0 Å². The van der Waals surface area contributed by atoms with Crippen molar-refractivity contribution >= 4 is 6.16 Å². The predicted octanol–water partition coefficient (Wildman–Crippen LogP) is 5.92. The van der Waals surface area contributed by atoms with Crippen molar-refractivity contribution in [1.29, 1.82) is 0 Å². The maximum absolute atomic E-state index is 12.2. The van der Waals surface area contributed by atoms with Crippen molar-refractivity contribution < 1.29 is 14.3 Å². The Hall–Kier alpha value is -2.29. The van der Waals surface area contributed by atoms with Gasteiger partial charge in [0, 0.05) is 0 Å². The summed E-state index contributed by atoms with van der Waals surface area (Å²) in [7, 11) is 0. The van der Waals surface area contributed by atoms with Crippen molar-refractivity contribution in [2.45, 2.75) is 53.4 Å². The minimum atomic E-state index is -0.690. The van der Waals surface area contributed by atoms with E-state index in [2.05, 4.69) is 6.92 Å². The predicted molar refractivity (Wildman–Crippen MR) is 97.0 cm³/mol. The molecular weight excluding hydrogens is 300 g/mol. The number of hydrogen-bond acceptors (Lipinski definition) is 3. The van der Waals surface area contributed by atoms with Crippen LogP contribution in [-0.2, 0) is 6.42 Å². The Bertz CT molecular complexity index is 704. The van der Waals surface area contributed by atoms with E-state index in [1.165, 1.54) is 12.0 Å². The Morgan fingerprint density at radius 1 is 0.875 bits per heavy atom. The van der Waals surface area contributed by atoms with Gasteiger partial charge in [-0.05, 0) is 68.0 Å². The number of benzene rings is 2. The van der Waals surface area contributed by atoms with E-state index >= 15 is 0 Å². The first-order chi connectivity index (χ1) is 11.5. The topological polar surface area (TPSA) is 35.5 Å². The molecule has 0 heterocycles. The fourth-order valence-electron chi connectivity index (χ4n) is 2.62. The Morgan fingerprint density at radius 2 is 1.58 bits per heavy atom. The standard InChI is InChI=1S/C21H26O3/c1-5-6-7-10-18-11-8-9-12-20(18)24-21(22)23-19-14-13-15(2)16(3)17(19)4/h8-9,11-14H,5-7,10H2,1-4H3. The van der Waals surface area contributed by atoms with Crippen molar-refractivity contribution in [3.05, 3.63) is 58.7 Å². The van der Waals surface area contributed by atoms with Crippen LogP contribution in [-0.4, -0.2) is 6.16 Å². The summed E-state index contributed by atoms with van der Waals surface area (Å²) in [5, 5.41) is 0. The largest absolute Gasteiger partial charge is 0.519 e. The summed E-state index contributed by atoms with van der Waals surface area (Å²) >= 11 is 0. The van der Waals surface area contributed by atoms with Crippen LogP contribution in [0.2, 0.25) is 0 Å². The van der Waals surface area contributed by atoms with E-state index in [1.54, 1.807) is 0 Å². The third-order valence-corrected chi connectivity index (χ3v) is 4.42. The van der Waals surface area contributed by atoms with E-state index in [1.807, 2.05) is 57.2 Å². The third-order valence-electron chi connectivity index (χ3n) is 4.42. The molecule has 128 valence electrons. The molecule has 0 aliphatic heterocycles. The lowest BCUT2D eigenvalue weighted by atomic mass is 10.0. The maximum atomic E-state index is 12.2. The summed E-state index contributed by atoms with van der Waals surface area (Å²) in [4.78, 5) is 12.2. The minimum Gasteiger partial charge on any atom is -0.394 e. The molecule has 0 aliphatic carbocycles. The number of unbranched alkanes of at least 4 members (excludes halogenated alkanes) is 2. The highest BCUT2D eigenvalue weighted by atomic mass is 16.7. The fourth-order valence-corrected chi connectivity index (χ4v) is 2.62. The Labute approximate surface area is 144 Å². The molecule has 3 heteroatoms. The summed E-state index contributed by atoms with van der Waals surface area (Å²) in [6.07, 6.45) is 3.63. The first-order valence-corrected chi connectivity index (χ1v) is 8.57. The van der Waals surface area contributed by atoms with Crippen LogP contribution in [0.4, 0.5) is 4.79 Å². The highest BCUT2D eigenvalue weighted by Gasteiger charge is 2.13. The quantitative estimate of drug-likeness (QED) is 0.375. The van der Waals surface area contributed by atoms with Gasteiger partial charge in [-0.25, -0.2) is 4.79 Å². The zero-order chi connectivity index (χ0) is 17.5. The van der Waals surface area contributed by atoms with Crippen LogP contribution < -0.4 is 9.47 Å². The van der Waals surface area contributed by atoms with Gasteiger partial charge in [0.15, 0.2) is 0 Å². The van der Waals surface area contributed by atoms with Crippen LogP contribution in [0.15, 0.2) is 36.4 Å². The summed E-state index contributed by atoms with van der Waals surface area (Å²) in [5.41, 5.74) is 4.30. The fraction of sp³-hybridized carbons (Fsp3) is 0.381. The smallest absolute Gasteiger partial charge is 0.394 e. The van der Waals surface area contributed by atoms with Gasteiger partial charge in [0.1, 0.15) is 11.5 Å². The van der Waals surface area contributed by atoms with Gasteiger partial charge in [-0.2, -0.15) is 0 Å². The molecule has 3 nitrogen and oxygen atoms in total. The van der Waals surface area contributed by atoms with Gasteiger partial charge < -0.3 is 9.47 Å². The monoisotopic (exact) mass is 326 g/mol. The molecule has 0 aliphatic rings. The molecular formula is C21H26O3. The van der Waals surface area contributed by atoms with Crippen molar-refractivity contribution in [2.75, 3.05) is 0 Å². The van der Waals surface area contributed by atoms with E-state index in [-0.39, 0.29) is 0 Å². The number of ether oxygens (including phenoxy) is 2. The van der Waals surface area contributed by atoms with Gasteiger partial charge in [-0.1, -0.05) is 44.0 Å². The number of rotatable bonds is 6. The maximum Gasteiger partial charge on any atom is 0.519 e. The Morgan fingerprint density at radius 3 is 2.33 bits per heavy atom. The molecule has 0 amide bonds. The Balaban J connectivity index is 2.06. The molecule has 0 N–H and O–H groups in total. The SMILES string of the molecule is CCCCCc1ccccc1OC(=O)Oc1ccc(C)c(C)c1C. The van der Waals surface area contributed by atoms with Gasteiger partial charge in [0.2, 0.25) is 0 Å². The summed E-state index contributed by atoms with van der Waals surface area (Å²) < 4.78 is 10.8. The first kappa shape index (κ1) is 18.1. The molecule has 0 fully saturated rings. The summed E-state index contributed by atoms with van der Waals surface area (Å²) in [6.45, 7) is 8.18. The molecule has 0 atom stereocenters. The highest BCUT2D eigenvalue weighted by molar-refractivity contribution is 5.68. The molecule has 0 unspecified atom stereocenters. The van der Waals surface area contributed by atoms with Crippen molar-refractivity contribution in [3.63, 3.8) is 0 Å². The lowest BCUT2D eigenvalue weighted by Gasteiger charge is -2.13. The third kappa shape index (κ3) is 4.60. The van der Waals surface area contributed by atoms with Crippen LogP contribution >= 0.6 is 0 Å². The molecule has 0 aromatic heterocycles. The molecule has 0 radical (unpaired) electrons. The normalized spacial score (nSPS) is 10.5. The Kier molecular flexibility index (Phi) is 6.42. The second kappa shape index (κ2) is 8.53. The van der Waals surface area contributed by atoms with Gasteiger partial charge >= 0.3 is 6.16 Å². The molecule has 2 aromatic rings. The average molecular weight is 326 g/mol. The van der Waals surface area contributed by atoms with Crippen molar-refractivity contribution in [3.8, 4) is 11.5 Å². The zero-order valence-electron chi connectivity index (χ0n) is 15.0. The number of carbonyl (C=O) groups excluding carboxylic acids is 1. The van der Waals surface area contributed by atoms with Crippen LogP contribution in [0.25, 0.3) is 0 Å². The summed E-state index contributed by atoms with van der Waals surface area (Å²) in [5.74, 6) is 1.13. The van der Waals surface area contributed by atoms with E-state index < -0.39 is 6.16 Å². The van der Waals surface area contributed by atoms with Crippen molar-refractivity contribution in [1.82, 2.24) is 0 Å². The van der Waals surface area contributed by atoms with Crippen molar-refractivity contribution in [2.24, 2.45) is 0 Å². The van der Waals surface area contributed by atoms with E-state index in [0.717, 1.165) is 36.0 Å². The van der Waals surface area contributed by atoms with E-state index in [9.17, 15) is 4.79 Å². The highest BCUT2D eigenvalue weighted by Crippen LogP contribution is 2.25. The second-order valence-electron chi connectivity index (χ2n) is 6.15. The molecule has 0 spiro atoms. The van der Waals surface area contributed by atoms with Crippen LogP contribution in [0.1, 0.15) is 48.4 Å². The molecule has 0 bridgehead atoms. The van der Waals surface area contributed by atoms with Gasteiger partial charge in [0.25, 0.3) is 0 Å². The lowest BCUT2D eigenvalue weighted by molar-refractivity contribution is 0.151. The van der Waals surface area contributed by atoms with Crippen LogP contribution in [0.5, 0.6) is 11.5 Å². The molecule has 0 saturated carbocycles. The van der Waals surface area contributed by atoms with E-state index in [0.29, 0.717) is 11.5 Å². The molecule has 0 saturated heterocycles. The molecule has 2 rings (SSSR count). The minimum absolute atomic E-state index is 0.548. The number of hydrogen-bond donors (Lipinski definition) is 0. The number of carbonyl (C=O) groups is 1. The second-order valence-corrected chi connectivity index (χ2v) is 6.15. The lowest BCUT2D eigenvalue weighted by Crippen LogP contribution is -2.15. The zero-order valence-corrected chi connectivity index (χ0v) is 15.0. The van der Waals surface area contributed by atoms with Crippen LogP contribution in [0, 0.1) is 20.8 Å².